The van der Waals surface area contributed by atoms with Gasteiger partial charge in [-0.05, 0) is 24.6 Å². The minimum atomic E-state index is -1.29. The summed E-state index contributed by atoms with van der Waals surface area (Å²) in [6.45, 7) is 1.18. The van der Waals surface area contributed by atoms with E-state index in [9.17, 15) is 9.59 Å². The molecule has 0 fully saturated rings. The molecule has 1 aromatic carbocycles. The minimum absolute atomic E-state index is 0. The number of halogens is 3. The number of rotatable bonds is 3. The summed E-state index contributed by atoms with van der Waals surface area (Å²) >= 11 is 11.6. The maximum absolute atomic E-state index is 11.1. The number of carbonyl (C=O) groups is 2. The van der Waals surface area contributed by atoms with E-state index in [1.165, 1.54) is 13.0 Å². The highest BCUT2D eigenvalue weighted by Gasteiger charge is 2.13. The van der Waals surface area contributed by atoms with Gasteiger partial charge in [0.05, 0.1) is 10.0 Å². The van der Waals surface area contributed by atoms with E-state index in [-0.39, 0.29) is 23.0 Å². The number of aliphatic carboxylic acids is 1. The maximum atomic E-state index is 11.1. The van der Waals surface area contributed by atoms with Crippen molar-refractivity contribution in [2.75, 3.05) is 0 Å². The van der Waals surface area contributed by atoms with Gasteiger partial charge < -0.3 is 5.11 Å². The van der Waals surface area contributed by atoms with Crippen LogP contribution in [0.2, 0.25) is 10.0 Å². The predicted molar refractivity (Wildman–Crippen MR) is 70.0 cm³/mol. The summed E-state index contributed by atoms with van der Waals surface area (Å²) in [5.74, 6) is -1.83. The summed E-state index contributed by atoms with van der Waals surface area (Å²) in [6, 6.07) is 4.79. The molecule has 0 bridgehead atoms. The molecule has 0 saturated carbocycles. The molecule has 0 unspecified atom stereocenters. The Morgan fingerprint density at radius 1 is 1.29 bits per heavy atom. The van der Waals surface area contributed by atoms with Gasteiger partial charge in [-0.3, -0.25) is 4.79 Å². The fourth-order valence-electron chi connectivity index (χ4n) is 1.10. The van der Waals surface area contributed by atoms with Crippen LogP contribution in [-0.2, 0) is 9.59 Å². The summed E-state index contributed by atoms with van der Waals surface area (Å²) in [5, 5.41) is 9.34. The van der Waals surface area contributed by atoms with Crippen LogP contribution in [0.3, 0.4) is 0 Å². The molecule has 0 aliphatic heterocycles. The van der Waals surface area contributed by atoms with Crippen molar-refractivity contribution in [3.05, 3.63) is 39.4 Å². The van der Waals surface area contributed by atoms with Gasteiger partial charge in [-0.25, -0.2) is 4.79 Å². The van der Waals surface area contributed by atoms with Crippen LogP contribution in [0.4, 0.5) is 0 Å². The van der Waals surface area contributed by atoms with Gasteiger partial charge in [0.1, 0.15) is 5.57 Å². The van der Waals surface area contributed by atoms with Gasteiger partial charge in [0, 0.05) is 0 Å². The average molecular weight is 296 g/mol. The van der Waals surface area contributed by atoms with Crippen molar-refractivity contribution in [3.63, 3.8) is 0 Å². The number of carboxylic acid groups (broad SMARTS) is 1. The molecular weight excluding hydrogens is 286 g/mol. The third-order valence-electron chi connectivity index (χ3n) is 1.89. The van der Waals surface area contributed by atoms with Crippen LogP contribution < -0.4 is 0 Å². The van der Waals surface area contributed by atoms with E-state index in [0.717, 1.165) is 0 Å². The molecule has 0 atom stereocenters. The Kier molecular flexibility index (Phi) is 6.24. The molecule has 3 nitrogen and oxygen atoms in total. The molecule has 0 spiro atoms. The maximum Gasteiger partial charge on any atom is 0.339 e. The molecule has 6 heteroatoms. The molecule has 0 aromatic heterocycles. The molecule has 0 radical (unpaired) electrons. The lowest BCUT2D eigenvalue weighted by Crippen LogP contribution is -2.08. The van der Waals surface area contributed by atoms with Crippen LogP contribution in [0.25, 0.3) is 6.08 Å². The Hall–Kier alpha value is -1.03. The normalized spacial score (nSPS) is 10.6. The topological polar surface area (TPSA) is 54.4 Å². The smallest absolute Gasteiger partial charge is 0.339 e. The van der Waals surface area contributed by atoms with Crippen molar-refractivity contribution in [2.24, 2.45) is 0 Å². The molecule has 1 rings (SSSR count). The quantitative estimate of drug-likeness (QED) is 0.528. The lowest BCUT2D eigenvalue weighted by molar-refractivity contribution is -0.134. The molecule has 0 amide bonds. The number of ketones is 1. The lowest BCUT2D eigenvalue weighted by Gasteiger charge is -2.02. The number of hydrogen-bond acceptors (Lipinski definition) is 2. The minimum Gasteiger partial charge on any atom is -0.478 e. The van der Waals surface area contributed by atoms with Gasteiger partial charge in [-0.15, -0.1) is 12.4 Å². The zero-order valence-electron chi connectivity index (χ0n) is 8.74. The molecule has 0 aliphatic rings. The van der Waals surface area contributed by atoms with E-state index >= 15 is 0 Å². The van der Waals surface area contributed by atoms with E-state index in [4.69, 9.17) is 28.3 Å². The van der Waals surface area contributed by atoms with Crippen LogP contribution in [0.5, 0.6) is 0 Å². The van der Waals surface area contributed by atoms with E-state index in [1.54, 1.807) is 18.2 Å². The summed E-state index contributed by atoms with van der Waals surface area (Å²) in [7, 11) is 0. The lowest BCUT2D eigenvalue weighted by atomic mass is 10.1. The Bertz CT molecular complexity index is 465. The SMILES string of the molecule is CC(=O)C(=Cc1cccc(Cl)c1Cl)C(=O)O.Cl. The fourth-order valence-corrected chi connectivity index (χ4v) is 1.46. The van der Waals surface area contributed by atoms with E-state index in [1.807, 2.05) is 0 Å². The predicted octanol–water partition coefficient (Wildman–Crippen LogP) is 3.47. The van der Waals surface area contributed by atoms with Crippen LogP contribution in [-0.4, -0.2) is 16.9 Å². The molecule has 1 N–H and O–H groups in total. The number of Topliss-reactive ketones (excluding diaryl/α,β-unsaturated/α-hetero) is 1. The van der Waals surface area contributed by atoms with Crippen LogP contribution in [0.1, 0.15) is 12.5 Å². The van der Waals surface area contributed by atoms with Crippen LogP contribution in [0.15, 0.2) is 23.8 Å². The highest BCUT2D eigenvalue weighted by Crippen LogP contribution is 2.27. The highest BCUT2D eigenvalue weighted by molar-refractivity contribution is 6.43. The van der Waals surface area contributed by atoms with Crippen molar-refractivity contribution < 1.29 is 14.7 Å². The molecule has 1 aromatic rings. The van der Waals surface area contributed by atoms with Crippen molar-refractivity contribution in [2.45, 2.75) is 6.92 Å². The summed E-state index contributed by atoms with van der Waals surface area (Å²) in [4.78, 5) is 21.8. The standard InChI is InChI=1S/C11H8Cl2O3.ClH/c1-6(14)8(11(15)16)5-7-3-2-4-9(12)10(7)13;/h2-5H,1H3,(H,15,16);1H. The highest BCUT2D eigenvalue weighted by atomic mass is 35.5. The first kappa shape index (κ1) is 16.0. The molecular formula is C11H9Cl3O3. The van der Waals surface area contributed by atoms with Crippen LogP contribution in [0, 0.1) is 0 Å². The summed E-state index contributed by atoms with van der Waals surface area (Å²) in [5.41, 5.74) is 0.0749. The third kappa shape index (κ3) is 4.04. The number of hydrogen-bond donors (Lipinski definition) is 1. The summed E-state index contributed by atoms with van der Waals surface area (Å²) in [6.07, 6.45) is 1.21. The third-order valence-corrected chi connectivity index (χ3v) is 2.72. The van der Waals surface area contributed by atoms with Crippen molar-refractivity contribution >= 4 is 53.4 Å². The molecule has 92 valence electrons. The van der Waals surface area contributed by atoms with E-state index in [2.05, 4.69) is 0 Å². The van der Waals surface area contributed by atoms with Gasteiger partial charge in [0.25, 0.3) is 0 Å². The van der Waals surface area contributed by atoms with Gasteiger partial charge in [0.15, 0.2) is 5.78 Å². The Labute approximate surface area is 114 Å². The number of carboxylic acids is 1. The van der Waals surface area contributed by atoms with Crippen molar-refractivity contribution in [1.82, 2.24) is 0 Å². The zero-order chi connectivity index (χ0) is 12.3. The molecule has 0 aliphatic carbocycles. The first-order valence-corrected chi connectivity index (χ1v) is 5.09. The second kappa shape index (κ2) is 6.64. The molecule has 17 heavy (non-hydrogen) atoms. The molecule has 0 saturated heterocycles. The number of benzene rings is 1. The average Bonchev–Trinajstić information content (AvgIpc) is 2.19. The van der Waals surface area contributed by atoms with Gasteiger partial charge in [-0.2, -0.15) is 0 Å². The largest absolute Gasteiger partial charge is 0.478 e. The monoisotopic (exact) mass is 294 g/mol. The van der Waals surface area contributed by atoms with Gasteiger partial charge in [-0.1, -0.05) is 35.3 Å². The second-order valence-corrected chi connectivity index (χ2v) is 3.85. The Morgan fingerprint density at radius 3 is 2.35 bits per heavy atom. The van der Waals surface area contributed by atoms with Crippen molar-refractivity contribution in [3.8, 4) is 0 Å². The van der Waals surface area contributed by atoms with Crippen LogP contribution >= 0.6 is 35.6 Å². The first-order chi connectivity index (χ1) is 7.43. The van der Waals surface area contributed by atoms with Crippen molar-refractivity contribution in [1.29, 1.82) is 0 Å². The van der Waals surface area contributed by atoms with E-state index < -0.39 is 11.8 Å². The Balaban J connectivity index is 0.00000256. The fraction of sp³-hybridized carbons (Fsp3) is 0.0909. The zero-order valence-corrected chi connectivity index (χ0v) is 11.1. The second-order valence-electron chi connectivity index (χ2n) is 3.06. The summed E-state index contributed by atoms with van der Waals surface area (Å²) < 4.78 is 0. The van der Waals surface area contributed by atoms with E-state index in [0.29, 0.717) is 10.6 Å². The van der Waals surface area contributed by atoms with Gasteiger partial charge in [0.2, 0.25) is 0 Å². The number of carbonyl (C=O) groups excluding carboxylic acids is 1. The first-order valence-electron chi connectivity index (χ1n) is 4.33. The molecule has 0 heterocycles. The van der Waals surface area contributed by atoms with Gasteiger partial charge >= 0.3 is 5.97 Å². The Morgan fingerprint density at radius 2 is 1.88 bits per heavy atom.